The summed E-state index contributed by atoms with van der Waals surface area (Å²) in [7, 11) is 4.72. The number of benzene rings is 1. The predicted octanol–water partition coefficient (Wildman–Crippen LogP) is 6.67. The second kappa shape index (κ2) is 24.3. The van der Waals surface area contributed by atoms with E-state index in [1.54, 1.807) is 27.0 Å². The van der Waals surface area contributed by atoms with Gasteiger partial charge in [0, 0.05) is 75.7 Å². The smallest absolute Gasteiger partial charge is 0.329 e. The first-order valence-corrected chi connectivity index (χ1v) is 25.0. The van der Waals surface area contributed by atoms with Gasteiger partial charge < -0.3 is 53.2 Å². The summed E-state index contributed by atoms with van der Waals surface area (Å²) < 4.78 is 39.0. The van der Waals surface area contributed by atoms with Crippen LogP contribution in [0.4, 0.5) is 0 Å². The van der Waals surface area contributed by atoms with Crippen molar-refractivity contribution in [1.82, 2.24) is 9.47 Å². The van der Waals surface area contributed by atoms with Crippen molar-refractivity contribution in [3.63, 3.8) is 0 Å². The van der Waals surface area contributed by atoms with Gasteiger partial charge >= 0.3 is 5.97 Å². The van der Waals surface area contributed by atoms with Crippen LogP contribution in [0.5, 0.6) is 5.75 Å². The molecule has 1 aromatic carbocycles. The molecule has 1 aromatic heterocycles. The van der Waals surface area contributed by atoms with Gasteiger partial charge in [0.1, 0.15) is 35.9 Å². The van der Waals surface area contributed by atoms with E-state index in [1.807, 2.05) is 61.9 Å². The molecule has 1 saturated carbocycles. The molecule has 14 atom stereocenters. The third kappa shape index (κ3) is 12.6. The number of hydrogen-bond acceptors (Lipinski definition) is 13. The highest BCUT2D eigenvalue weighted by molar-refractivity contribution is 6.39. The zero-order chi connectivity index (χ0) is 50.2. The van der Waals surface area contributed by atoms with E-state index in [1.165, 1.54) is 19.1 Å². The number of aromatic nitrogens is 1. The summed E-state index contributed by atoms with van der Waals surface area (Å²) in [6.45, 7) is 13.8. The number of fused-ring (bicyclic) bond motifs is 4. The highest BCUT2D eigenvalue weighted by atomic mass is 16.7. The Morgan fingerprint density at radius 3 is 2.35 bits per heavy atom. The van der Waals surface area contributed by atoms with Gasteiger partial charge in [0.05, 0.1) is 31.0 Å². The second-order valence-electron chi connectivity index (χ2n) is 20.3. The number of hydrogen-bond donors (Lipinski definition) is 3. The van der Waals surface area contributed by atoms with E-state index in [9.17, 15) is 34.5 Å². The summed E-state index contributed by atoms with van der Waals surface area (Å²) in [6, 6.07) is 6.74. The van der Waals surface area contributed by atoms with E-state index in [2.05, 4.69) is 12.7 Å². The number of ketones is 2. The summed E-state index contributed by atoms with van der Waals surface area (Å²) in [5, 5.41) is 34.6. The molecule has 3 aliphatic heterocycles. The number of amides is 1. The van der Waals surface area contributed by atoms with Crippen LogP contribution < -0.4 is 4.74 Å². The third-order valence-corrected chi connectivity index (χ3v) is 15.2. The lowest BCUT2D eigenvalue weighted by Gasteiger charge is -2.47. The fraction of sp³-hybridized carbons (Fsp3) is 0.667. The quantitative estimate of drug-likeness (QED) is 0.123. The molecule has 2 bridgehead atoms. The van der Waals surface area contributed by atoms with Crippen molar-refractivity contribution in [2.45, 2.75) is 166 Å². The van der Waals surface area contributed by atoms with Crippen molar-refractivity contribution >= 4 is 34.3 Å². The number of piperidine rings is 1. The maximum Gasteiger partial charge on any atom is 0.329 e. The summed E-state index contributed by atoms with van der Waals surface area (Å²) >= 11 is 0. The van der Waals surface area contributed by atoms with E-state index in [-0.39, 0.29) is 62.2 Å². The van der Waals surface area contributed by atoms with E-state index in [4.69, 9.17) is 28.4 Å². The number of aliphatic hydroxyl groups excluding tert-OH is 2. The first-order valence-electron chi connectivity index (χ1n) is 25.0. The van der Waals surface area contributed by atoms with E-state index in [0.29, 0.717) is 57.1 Å². The van der Waals surface area contributed by atoms with Crippen LogP contribution in [0.3, 0.4) is 0 Å². The lowest BCUT2D eigenvalue weighted by molar-refractivity contribution is -0.302. The van der Waals surface area contributed by atoms with Crippen molar-refractivity contribution in [1.29, 1.82) is 0 Å². The molecule has 382 valence electrons. The third-order valence-electron chi connectivity index (χ3n) is 15.2. The molecule has 1 amide bonds. The van der Waals surface area contributed by atoms with Gasteiger partial charge in [0.15, 0.2) is 0 Å². The minimum atomic E-state index is -2.53. The molecule has 0 spiro atoms. The molecule has 14 unspecified atom stereocenters. The largest absolute Gasteiger partial charge is 0.488 e. The summed E-state index contributed by atoms with van der Waals surface area (Å²) in [5.74, 6) is -7.13. The fourth-order valence-electron chi connectivity index (χ4n) is 11.3. The Bertz CT molecular complexity index is 2170. The molecule has 0 radical (unpaired) electrons. The van der Waals surface area contributed by atoms with Crippen LogP contribution in [-0.2, 0) is 49.4 Å². The number of methoxy groups -OCH3 is 3. The summed E-state index contributed by atoms with van der Waals surface area (Å²) in [6.07, 6.45) is 7.53. The van der Waals surface area contributed by atoms with Crippen LogP contribution in [0, 0.1) is 29.6 Å². The van der Waals surface area contributed by atoms with Crippen molar-refractivity contribution in [3.05, 3.63) is 66.4 Å². The van der Waals surface area contributed by atoms with Gasteiger partial charge in [-0.1, -0.05) is 44.6 Å². The van der Waals surface area contributed by atoms with Crippen molar-refractivity contribution in [3.8, 4) is 5.75 Å². The molecule has 3 fully saturated rings. The number of rotatable bonds is 11. The molecular formula is C54H78N2O13. The van der Waals surface area contributed by atoms with Crippen molar-refractivity contribution in [2.24, 2.45) is 29.6 Å². The maximum absolute atomic E-state index is 14.6. The summed E-state index contributed by atoms with van der Waals surface area (Å²) in [4.78, 5) is 58.7. The Kier molecular flexibility index (Phi) is 19.0. The minimum Gasteiger partial charge on any atom is -0.488 e. The Morgan fingerprint density at radius 2 is 1.65 bits per heavy atom. The average molecular weight is 963 g/mol. The van der Waals surface area contributed by atoms with Gasteiger partial charge in [-0.05, 0) is 120 Å². The molecule has 4 aliphatic rings. The second-order valence-corrected chi connectivity index (χ2v) is 20.3. The SMILES string of the molecule is C=CCC1C=C(C)CC(C)CC(OC)C2OC(O)(C(=O)C(=O)N3CCCCC3C(=O)OC(C(C)=CC3CCC(Oc4ccc5c(ccn5CCO)c4)C(OC)C3)C(C)C(O)CC1=O)C(C)CC2OC. The predicted molar refractivity (Wildman–Crippen MR) is 260 cm³/mol. The Morgan fingerprint density at radius 1 is 0.928 bits per heavy atom. The molecule has 2 aromatic rings. The van der Waals surface area contributed by atoms with E-state index >= 15 is 0 Å². The molecule has 3 N–H and O–H groups in total. The number of allylic oxidation sites excluding steroid dienone is 4. The molecule has 6 rings (SSSR count). The van der Waals surface area contributed by atoms with Gasteiger partial charge in [0.2, 0.25) is 5.79 Å². The fourth-order valence-corrected chi connectivity index (χ4v) is 11.3. The van der Waals surface area contributed by atoms with Crippen LogP contribution in [0.1, 0.15) is 105 Å². The number of cyclic esters (lactones) is 1. The van der Waals surface area contributed by atoms with Gasteiger partial charge in [-0.3, -0.25) is 14.4 Å². The monoisotopic (exact) mass is 963 g/mol. The molecule has 4 heterocycles. The normalized spacial score (nSPS) is 35.2. The molecular weight excluding hydrogens is 885 g/mol. The van der Waals surface area contributed by atoms with Crippen LogP contribution in [0.15, 0.2) is 66.4 Å². The molecule has 69 heavy (non-hydrogen) atoms. The van der Waals surface area contributed by atoms with Crippen LogP contribution in [-0.4, -0.2) is 137 Å². The zero-order valence-corrected chi connectivity index (χ0v) is 42.0. The van der Waals surface area contributed by atoms with Crippen molar-refractivity contribution < 1.29 is 62.9 Å². The number of carbonyl (C=O) groups is 4. The number of aliphatic hydroxyl groups is 3. The highest BCUT2D eigenvalue weighted by Gasteiger charge is 2.56. The van der Waals surface area contributed by atoms with Crippen LogP contribution >= 0.6 is 0 Å². The molecule has 1 aliphatic carbocycles. The molecule has 2 saturated heterocycles. The van der Waals surface area contributed by atoms with E-state index in [0.717, 1.165) is 28.6 Å². The standard InChI is InChI=1S/C54H78N2O13/c1-10-13-39-25-32(2)24-33(3)26-47(65-8)50-48(66-9)28-35(5)54(63,69-50)51(60)52(61)56-20-12-11-14-42(56)53(62)68-49(36(6)43(58)31-44(39)59)34(4)27-37-15-18-45(46(29-37)64-7)67-40-16-17-41-38(30-40)19-21-55(41)22-23-57/h10,16-17,19,21,25,27,30,33,35-37,39,42-43,45-50,57-58,63H,1,11-15,18,20,22-24,26,28-29,31H2,2-9H3. The van der Waals surface area contributed by atoms with Gasteiger partial charge in [-0.15, -0.1) is 6.58 Å². The van der Waals surface area contributed by atoms with Crippen molar-refractivity contribution in [2.75, 3.05) is 34.5 Å². The zero-order valence-electron chi connectivity index (χ0n) is 42.0. The van der Waals surface area contributed by atoms with Gasteiger partial charge in [0.25, 0.3) is 11.7 Å². The minimum absolute atomic E-state index is 0.00178. The molecule has 15 nitrogen and oxygen atoms in total. The first-order chi connectivity index (χ1) is 33.0. The maximum atomic E-state index is 14.6. The topological polar surface area (TPSA) is 193 Å². The number of ether oxygens (including phenoxy) is 6. The summed E-state index contributed by atoms with van der Waals surface area (Å²) in [5.41, 5.74) is 2.63. The highest BCUT2D eigenvalue weighted by Crippen LogP contribution is 2.40. The lowest BCUT2D eigenvalue weighted by atomic mass is 9.81. The van der Waals surface area contributed by atoms with Crippen LogP contribution in [0.2, 0.25) is 0 Å². The Balaban J connectivity index is 1.30. The number of carbonyl (C=O) groups excluding carboxylic acids is 4. The van der Waals surface area contributed by atoms with E-state index < -0.39 is 77.8 Å². The Labute approximate surface area is 408 Å². The number of nitrogens with zero attached hydrogens (tertiary/aromatic N) is 2. The first kappa shape index (κ1) is 54.1. The van der Waals surface area contributed by atoms with Gasteiger partial charge in [-0.25, -0.2) is 4.79 Å². The number of Topliss-reactive ketones (excluding diaryl/α,β-unsaturated/α-hetero) is 2. The van der Waals surface area contributed by atoms with Crippen LogP contribution in [0.25, 0.3) is 10.9 Å². The number of esters is 1. The Hall–Kier alpha value is -4.22. The lowest BCUT2D eigenvalue weighted by Crippen LogP contribution is -2.64. The molecule has 15 heteroatoms. The average Bonchev–Trinajstić information content (AvgIpc) is 3.73. The van der Waals surface area contributed by atoms with Gasteiger partial charge in [-0.2, -0.15) is 0 Å².